The average Bonchev–Trinajstić information content (AvgIpc) is 2.45. The van der Waals surface area contributed by atoms with Crippen molar-refractivity contribution >= 4 is 11.8 Å². The number of hydrogen-bond donors (Lipinski definition) is 2. The molecule has 1 rings (SSSR count). The topological polar surface area (TPSA) is 96.0 Å². The van der Waals surface area contributed by atoms with Crippen LogP contribution in [0, 0.1) is 17.2 Å². The third-order valence-corrected chi connectivity index (χ3v) is 3.11. The van der Waals surface area contributed by atoms with Gasteiger partial charge >= 0.3 is 6.18 Å². The highest BCUT2D eigenvalue weighted by Gasteiger charge is 2.30. The first-order valence-electron chi connectivity index (χ1n) is 6.78. The van der Waals surface area contributed by atoms with Crippen molar-refractivity contribution in [1.29, 1.82) is 5.26 Å². The molecule has 0 saturated carbocycles. The number of nitrogens with one attached hydrogen (secondary N) is 1. The van der Waals surface area contributed by atoms with E-state index in [4.69, 9.17) is 11.0 Å². The number of halogens is 3. The molecule has 1 aromatic carbocycles. The molecule has 0 saturated heterocycles. The molecule has 0 bridgehead atoms. The fourth-order valence-corrected chi connectivity index (χ4v) is 1.94. The van der Waals surface area contributed by atoms with E-state index in [2.05, 4.69) is 5.32 Å². The predicted octanol–water partition coefficient (Wildman–Crippen LogP) is 1.77. The summed E-state index contributed by atoms with van der Waals surface area (Å²) in [4.78, 5) is 23.1. The molecule has 23 heavy (non-hydrogen) atoms. The third kappa shape index (κ3) is 5.98. The van der Waals surface area contributed by atoms with Crippen LogP contribution in [0.25, 0.3) is 0 Å². The lowest BCUT2D eigenvalue weighted by molar-refractivity contribution is -0.137. The van der Waals surface area contributed by atoms with Crippen molar-refractivity contribution in [2.24, 2.45) is 11.7 Å². The number of hydrogen-bond acceptors (Lipinski definition) is 3. The van der Waals surface area contributed by atoms with E-state index < -0.39 is 35.5 Å². The van der Waals surface area contributed by atoms with Crippen molar-refractivity contribution < 1.29 is 22.8 Å². The second kappa shape index (κ2) is 7.63. The van der Waals surface area contributed by atoms with Crippen LogP contribution in [-0.4, -0.2) is 17.9 Å². The van der Waals surface area contributed by atoms with Crippen LogP contribution in [-0.2, 0) is 22.2 Å². The molecule has 0 aliphatic rings. The standard InChI is InChI=1S/C15H16F3N3O2/c1-9(8-19)5-12(14(20)23)21-13(22)7-10-3-2-4-11(6-10)15(16,17)18/h2-4,6,9,12H,5,7H2,1H3,(H2,20,23)(H,21,22)/t9-,12-/m1/s1. The Balaban J connectivity index is 2.76. The minimum atomic E-state index is -4.50. The Kier molecular flexibility index (Phi) is 6.13. The van der Waals surface area contributed by atoms with Gasteiger partial charge in [-0.25, -0.2) is 0 Å². The Labute approximate surface area is 131 Å². The largest absolute Gasteiger partial charge is 0.416 e. The number of alkyl halides is 3. The highest BCUT2D eigenvalue weighted by atomic mass is 19.4. The lowest BCUT2D eigenvalue weighted by atomic mass is 10.0. The monoisotopic (exact) mass is 327 g/mol. The first-order valence-corrected chi connectivity index (χ1v) is 6.78. The quantitative estimate of drug-likeness (QED) is 0.833. The molecular weight excluding hydrogens is 311 g/mol. The molecule has 2 atom stereocenters. The molecule has 3 N–H and O–H groups in total. The van der Waals surface area contributed by atoms with Gasteiger partial charge in [-0.2, -0.15) is 18.4 Å². The maximum absolute atomic E-state index is 12.6. The maximum Gasteiger partial charge on any atom is 0.416 e. The predicted molar refractivity (Wildman–Crippen MR) is 75.7 cm³/mol. The van der Waals surface area contributed by atoms with Gasteiger partial charge in [-0.3, -0.25) is 9.59 Å². The first kappa shape index (κ1) is 18.5. The second-order valence-electron chi connectivity index (χ2n) is 5.16. The summed E-state index contributed by atoms with van der Waals surface area (Å²) in [5.74, 6) is -1.94. The van der Waals surface area contributed by atoms with Gasteiger partial charge in [0.05, 0.1) is 18.1 Å². The number of nitrogens with zero attached hydrogens (tertiary/aromatic N) is 1. The van der Waals surface area contributed by atoms with Gasteiger partial charge in [-0.1, -0.05) is 18.2 Å². The molecule has 5 nitrogen and oxygen atoms in total. The summed E-state index contributed by atoms with van der Waals surface area (Å²) in [5.41, 5.74) is 4.46. The molecule has 124 valence electrons. The summed E-state index contributed by atoms with van der Waals surface area (Å²) < 4.78 is 37.8. The highest BCUT2D eigenvalue weighted by Crippen LogP contribution is 2.29. The van der Waals surface area contributed by atoms with Gasteiger partial charge in [-0.05, 0) is 25.0 Å². The van der Waals surface area contributed by atoms with Crippen molar-refractivity contribution in [2.75, 3.05) is 0 Å². The summed E-state index contributed by atoms with van der Waals surface area (Å²) in [7, 11) is 0. The molecule has 0 aliphatic heterocycles. The Hall–Kier alpha value is -2.56. The molecule has 0 aromatic heterocycles. The molecule has 0 heterocycles. The molecular formula is C15H16F3N3O2. The SMILES string of the molecule is C[C@@H](C#N)C[C@@H](NC(=O)Cc1cccc(C(F)(F)F)c1)C(N)=O. The Morgan fingerprint density at radius 3 is 2.57 bits per heavy atom. The van der Waals surface area contributed by atoms with Gasteiger partial charge in [0.15, 0.2) is 0 Å². The minimum Gasteiger partial charge on any atom is -0.368 e. The van der Waals surface area contributed by atoms with E-state index in [9.17, 15) is 22.8 Å². The minimum absolute atomic E-state index is 0.0418. The maximum atomic E-state index is 12.6. The van der Waals surface area contributed by atoms with Crippen LogP contribution >= 0.6 is 0 Å². The van der Waals surface area contributed by atoms with E-state index >= 15 is 0 Å². The van der Waals surface area contributed by atoms with Crippen molar-refractivity contribution in [3.05, 3.63) is 35.4 Å². The Morgan fingerprint density at radius 1 is 1.39 bits per heavy atom. The van der Waals surface area contributed by atoms with E-state index in [-0.39, 0.29) is 18.4 Å². The van der Waals surface area contributed by atoms with E-state index in [1.54, 1.807) is 6.92 Å². The number of benzene rings is 1. The third-order valence-electron chi connectivity index (χ3n) is 3.11. The van der Waals surface area contributed by atoms with E-state index in [1.807, 2.05) is 6.07 Å². The molecule has 0 unspecified atom stereocenters. The lowest BCUT2D eigenvalue weighted by Crippen LogP contribution is -2.45. The van der Waals surface area contributed by atoms with Gasteiger partial charge in [0, 0.05) is 5.92 Å². The van der Waals surface area contributed by atoms with Crippen LogP contribution in [0.3, 0.4) is 0 Å². The molecule has 0 aliphatic carbocycles. The zero-order chi connectivity index (χ0) is 17.6. The van der Waals surface area contributed by atoms with E-state index in [1.165, 1.54) is 12.1 Å². The van der Waals surface area contributed by atoms with Crippen molar-refractivity contribution in [2.45, 2.75) is 32.0 Å². The number of rotatable bonds is 6. The normalized spacial score (nSPS) is 13.7. The van der Waals surface area contributed by atoms with Gasteiger partial charge in [0.25, 0.3) is 0 Å². The van der Waals surface area contributed by atoms with Crippen molar-refractivity contribution in [3.8, 4) is 6.07 Å². The van der Waals surface area contributed by atoms with Gasteiger partial charge < -0.3 is 11.1 Å². The molecule has 0 fully saturated rings. The summed E-state index contributed by atoms with van der Waals surface area (Å²) >= 11 is 0. The number of carbonyl (C=O) groups excluding carboxylic acids is 2. The van der Waals surface area contributed by atoms with Crippen LogP contribution in [0.1, 0.15) is 24.5 Å². The number of carbonyl (C=O) groups is 2. The second-order valence-corrected chi connectivity index (χ2v) is 5.16. The average molecular weight is 327 g/mol. The smallest absolute Gasteiger partial charge is 0.368 e. The summed E-state index contributed by atoms with van der Waals surface area (Å²) in [5, 5.41) is 11.1. The number of nitrogens with two attached hydrogens (primary N) is 1. The molecule has 0 radical (unpaired) electrons. The fraction of sp³-hybridized carbons (Fsp3) is 0.400. The molecule has 1 aromatic rings. The van der Waals surface area contributed by atoms with Crippen LogP contribution in [0.15, 0.2) is 24.3 Å². The molecule has 2 amide bonds. The lowest BCUT2D eigenvalue weighted by Gasteiger charge is -2.16. The number of amides is 2. The fourth-order valence-electron chi connectivity index (χ4n) is 1.94. The van der Waals surface area contributed by atoms with E-state index in [0.717, 1.165) is 12.1 Å². The van der Waals surface area contributed by atoms with Crippen LogP contribution in [0.5, 0.6) is 0 Å². The summed E-state index contributed by atoms with van der Waals surface area (Å²) in [6.07, 6.45) is -4.78. The summed E-state index contributed by atoms with van der Waals surface area (Å²) in [6.45, 7) is 1.56. The van der Waals surface area contributed by atoms with Crippen molar-refractivity contribution in [3.63, 3.8) is 0 Å². The molecule has 8 heteroatoms. The first-order chi connectivity index (χ1) is 10.6. The zero-order valence-corrected chi connectivity index (χ0v) is 12.4. The van der Waals surface area contributed by atoms with Gasteiger partial charge in [-0.15, -0.1) is 0 Å². The number of nitriles is 1. The summed E-state index contributed by atoms with van der Waals surface area (Å²) in [6, 6.07) is 5.24. The number of primary amides is 1. The zero-order valence-electron chi connectivity index (χ0n) is 12.4. The van der Waals surface area contributed by atoms with E-state index in [0.29, 0.717) is 0 Å². The Bertz CT molecular complexity index is 623. The van der Waals surface area contributed by atoms with Gasteiger partial charge in [0.1, 0.15) is 6.04 Å². The highest BCUT2D eigenvalue weighted by molar-refractivity contribution is 5.87. The van der Waals surface area contributed by atoms with Crippen molar-refractivity contribution in [1.82, 2.24) is 5.32 Å². The van der Waals surface area contributed by atoms with Gasteiger partial charge in [0.2, 0.25) is 11.8 Å². The van der Waals surface area contributed by atoms with Crippen LogP contribution < -0.4 is 11.1 Å². The van der Waals surface area contributed by atoms with Crippen LogP contribution in [0.2, 0.25) is 0 Å². The van der Waals surface area contributed by atoms with Crippen LogP contribution in [0.4, 0.5) is 13.2 Å². The molecule has 0 spiro atoms. The Morgan fingerprint density at radius 2 is 2.04 bits per heavy atom.